The van der Waals surface area contributed by atoms with Crippen LogP contribution in [-0.2, 0) is 0 Å². The molecule has 0 heterocycles. The average Bonchev–Trinajstić information content (AvgIpc) is 2.26. The van der Waals surface area contributed by atoms with Gasteiger partial charge in [0.2, 0.25) is 0 Å². The van der Waals surface area contributed by atoms with Gasteiger partial charge in [0.15, 0.2) is 0 Å². The van der Waals surface area contributed by atoms with Crippen LogP contribution < -0.4 is 4.74 Å². The lowest BCUT2D eigenvalue weighted by molar-refractivity contribution is 0.0116. The van der Waals surface area contributed by atoms with Gasteiger partial charge in [0, 0.05) is 0 Å². The van der Waals surface area contributed by atoms with Crippen LogP contribution in [-0.4, -0.2) is 17.8 Å². The van der Waals surface area contributed by atoms with Crippen molar-refractivity contribution < 1.29 is 9.84 Å². The SMILES string of the molecule is CCOc1cccc(C2CC(O)C2C)c1. The molecule has 0 amide bonds. The van der Waals surface area contributed by atoms with E-state index in [1.807, 2.05) is 19.1 Å². The highest BCUT2D eigenvalue weighted by molar-refractivity contribution is 5.32. The van der Waals surface area contributed by atoms with Crippen molar-refractivity contribution in [2.24, 2.45) is 5.92 Å². The van der Waals surface area contributed by atoms with Crippen LogP contribution in [0.2, 0.25) is 0 Å². The monoisotopic (exact) mass is 206 g/mol. The van der Waals surface area contributed by atoms with E-state index in [9.17, 15) is 5.11 Å². The van der Waals surface area contributed by atoms with Gasteiger partial charge >= 0.3 is 0 Å². The maximum absolute atomic E-state index is 9.49. The molecule has 2 nitrogen and oxygen atoms in total. The molecule has 2 heteroatoms. The first-order valence-corrected chi connectivity index (χ1v) is 5.63. The molecule has 0 bridgehead atoms. The number of rotatable bonds is 3. The fourth-order valence-electron chi connectivity index (χ4n) is 2.20. The highest BCUT2D eigenvalue weighted by atomic mass is 16.5. The predicted molar refractivity (Wildman–Crippen MR) is 60.1 cm³/mol. The normalized spacial score (nSPS) is 29.7. The first kappa shape index (κ1) is 10.5. The van der Waals surface area contributed by atoms with Crippen LogP contribution in [0.5, 0.6) is 5.75 Å². The summed E-state index contributed by atoms with van der Waals surface area (Å²) in [5.74, 6) is 1.81. The lowest BCUT2D eigenvalue weighted by Crippen LogP contribution is -2.37. The number of aliphatic hydroxyl groups is 1. The van der Waals surface area contributed by atoms with Crippen molar-refractivity contribution in [3.63, 3.8) is 0 Å². The van der Waals surface area contributed by atoms with E-state index in [0.717, 1.165) is 12.2 Å². The van der Waals surface area contributed by atoms with E-state index in [1.165, 1.54) is 5.56 Å². The molecule has 2 rings (SSSR count). The molecule has 1 aliphatic rings. The van der Waals surface area contributed by atoms with Gasteiger partial charge in [0.05, 0.1) is 12.7 Å². The topological polar surface area (TPSA) is 29.5 Å². The zero-order chi connectivity index (χ0) is 10.8. The number of aliphatic hydroxyl groups excluding tert-OH is 1. The Kier molecular flexibility index (Phi) is 2.96. The number of hydrogen-bond acceptors (Lipinski definition) is 2. The van der Waals surface area contributed by atoms with Gasteiger partial charge in [-0.1, -0.05) is 19.1 Å². The van der Waals surface area contributed by atoms with Crippen molar-refractivity contribution in [1.29, 1.82) is 0 Å². The Morgan fingerprint density at radius 1 is 1.47 bits per heavy atom. The zero-order valence-corrected chi connectivity index (χ0v) is 9.31. The van der Waals surface area contributed by atoms with E-state index >= 15 is 0 Å². The zero-order valence-electron chi connectivity index (χ0n) is 9.31. The minimum Gasteiger partial charge on any atom is -0.494 e. The fourth-order valence-corrected chi connectivity index (χ4v) is 2.20. The average molecular weight is 206 g/mol. The van der Waals surface area contributed by atoms with E-state index in [1.54, 1.807) is 0 Å². The molecule has 3 unspecified atom stereocenters. The van der Waals surface area contributed by atoms with Crippen molar-refractivity contribution in [3.8, 4) is 5.75 Å². The summed E-state index contributed by atoms with van der Waals surface area (Å²) >= 11 is 0. The number of benzene rings is 1. The highest BCUT2D eigenvalue weighted by Crippen LogP contribution is 2.42. The van der Waals surface area contributed by atoms with E-state index in [-0.39, 0.29) is 6.10 Å². The van der Waals surface area contributed by atoms with E-state index in [4.69, 9.17) is 4.74 Å². The number of hydrogen-bond donors (Lipinski definition) is 1. The van der Waals surface area contributed by atoms with Gasteiger partial charge in [-0.3, -0.25) is 0 Å². The minimum atomic E-state index is -0.120. The molecule has 0 spiro atoms. The molecule has 1 N–H and O–H groups in total. The quantitative estimate of drug-likeness (QED) is 0.823. The molecule has 82 valence electrons. The summed E-state index contributed by atoms with van der Waals surface area (Å²) in [5, 5.41) is 9.49. The smallest absolute Gasteiger partial charge is 0.119 e. The molecule has 1 aliphatic carbocycles. The van der Waals surface area contributed by atoms with Crippen LogP contribution in [0.3, 0.4) is 0 Å². The largest absolute Gasteiger partial charge is 0.494 e. The van der Waals surface area contributed by atoms with Crippen molar-refractivity contribution in [3.05, 3.63) is 29.8 Å². The second kappa shape index (κ2) is 4.23. The van der Waals surface area contributed by atoms with Crippen molar-refractivity contribution in [2.45, 2.75) is 32.3 Å². The molecule has 3 atom stereocenters. The Morgan fingerprint density at radius 2 is 2.27 bits per heavy atom. The maximum atomic E-state index is 9.49. The lowest BCUT2D eigenvalue weighted by Gasteiger charge is -2.39. The fraction of sp³-hybridized carbons (Fsp3) is 0.538. The molecule has 0 radical (unpaired) electrons. The van der Waals surface area contributed by atoms with E-state index in [0.29, 0.717) is 18.4 Å². The van der Waals surface area contributed by atoms with Gasteiger partial charge in [-0.2, -0.15) is 0 Å². The van der Waals surface area contributed by atoms with Gasteiger partial charge in [-0.05, 0) is 42.9 Å². The van der Waals surface area contributed by atoms with E-state index in [2.05, 4.69) is 19.1 Å². The maximum Gasteiger partial charge on any atom is 0.119 e. The summed E-state index contributed by atoms with van der Waals surface area (Å²) in [5.41, 5.74) is 1.29. The Hall–Kier alpha value is -1.02. The summed E-state index contributed by atoms with van der Waals surface area (Å²) < 4.78 is 5.46. The first-order valence-electron chi connectivity index (χ1n) is 5.63. The summed E-state index contributed by atoms with van der Waals surface area (Å²) in [6.07, 6.45) is 0.766. The van der Waals surface area contributed by atoms with Gasteiger partial charge < -0.3 is 9.84 Å². The van der Waals surface area contributed by atoms with Gasteiger partial charge in [0.25, 0.3) is 0 Å². The van der Waals surface area contributed by atoms with Gasteiger partial charge in [-0.15, -0.1) is 0 Å². The Labute approximate surface area is 90.9 Å². The Bertz CT molecular complexity index is 335. The van der Waals surface area contributed by atoms with E-state index < -0.39 is 0 Å². The first-order chi connectivity index (χ1) is 7.22. The Morgan fingerprint density at radius 3 is 2.87 bits per heavy atom. The molecule has 0 aliphatic heterocycles. The van der Waals surface area contributed by atoms with Crippen LogP contribution in [0.1, 0.15) is 31.7 Å². The highest BCUT2D eigenvalue weighted by Gasteiger charge is 2.37. The van der Waals surface area contributed by atoms with Crippen LogP contribution in [0.25, 0.3) is 0 Å². The number of ether oxygens (including phenoxy) is 1. The summed E-state index contributed by atoms with van der Waals surface area (Å²) in [6, 6.07) is 8.22. The standard InChI is InChI=1S/C13H18O2/c1-3-15-11-6-4-5-10(7-11)12-8-13(14)9(12)2/h4-7,9,12-14H,3,8H2,1-2H3. The molecular formula is C13H18O2. The molecule has 1 aromatic carbocycles. The van der Waals surface area contributed by atoms with Crippen LogP contribution in [0, 0.1) is 5.92 Å². The summed E-state index contributed by atoms with van der Waals surface area (Å²) in [7, 11) is 0. The third-order valence-electron chi connectivity index (χ3n) is 3.33. The molecular weight excluding hydrogens is 188 g/mol. The van der Waals surface area contributed by atoms with Crippen molar-refractivity contribution in [1.82, 2.24) is 0 Å². The molecule has 1 saturated carbocycles. The lowest BCUT2D eigenvalue weighted by atomic mass is 9.69. The molecule has 1 aromatic rings. The van der Waals surface area contributed by atoms with Gasteiger partial charge in [-0.25, -0.2) is 0 Å². The molecule has 0 saturated heterocycles. The third-order valence-corrected chi connectivity index (χ3v) is 3.33. The van der Waals surface area contributed by atoms with Crippen molar-refractivity contribution >= 4 is 0 Å². The minimum absolute atomic E-state index is 0.120. The third kappa shape index (κ3) is 2.00. The predicted octanol–water partition coefficient (Wildman–Crippen LogP) is 2.57. The van der Waals surface area contributed by atoms with Crippen LogP contribution in [0.15, 0.2) is 24.3 Å². The van der Waals surface area contributed by atoms with Crippen LogP contribution in [0.4, 0.5) is 0 Å². The van der Waals surface area contributed by atoms with Gasteiger partial charge in [0.1, 0.15) is 5.75 Å². The molecule has 1 fully saturated rings. The molecule has 0 aromatic heterocycles. The van der Waals surface area contributed by atoms with Crippen LogP contribution >= 0.6 is 0 Å². The van der Waals surface area contributed by atoms with Crippen molar-refractivity contribution in [2.75, 3.05) is 6.61 Å². The molecule has 15 heavy (non-hydrogen) atoms. The summed E-state index contributed by atoms with van der Waals surface area (Å²) in [4.78, 5) is 0. The second-order valence-electron chi connectivity index (χ2n) is 4.27. The second-order valence-corrected chi connectivity index (χ2v) is 4.27. The summed E-state index contributed by atoms with van der Waals surface area (Å²) in [6.45, 7) is 4.79. The Balaban J connectivity index is 2.12.